The monoisotopic (exact) mass is 338 g/mol. The SMILES string of the molecule is O=C(NCCn1nc(-c2ccncc2)ccc1=O)c1ccc(F)cc1. The van der Waals surface area contributed by atoms with Gasteiger partial charge in [-0.2, -0.15) is 5.10 Å². The molecular weight excluding hydrogens is 323 g/mol. The van der Waals surface area contributed by atoms with Gasteiger partial charge in [-0.1, -0.05) is 0 Å². The number of nitrogens with zero attached hydrogens (tertiary/aromatic N) is 3. The van der Waals surface area contributed by atoms with E-state index in [0.717, 1.165) is 5.56 Å². The summed E-state index contributed by atoms with van der Waals surface area (Å²) in [5.41, 5.74) is 1.59. The lowest BCUT2D eigenvalue weighted by molar-refractivity contribution is 0.0951. The van der Waals surface area contributed by atoms with Gasteiger partial charge in [-0.25, -0.2) is 9.07 Å². The third kappa shape index (κ3) is 4.14. The van der Waals surface area contributed by atoms with E-state index in [9.17, 15) is 14.0 Å². The predicted molar refractivity (Wildman–Crippen MR) is 90.5 cm³/mol. The number of carbonyl (C=O) groups excluding carboxylic acids is 1. The van der Waals surface area contributed by atoms with Crippen molar-refractivity contribution < 1.29 is 9.18 Å². The van der Waals surface area contributed by atoms with Gasteiger partial charge in [0.05, 0.1) is 12.2 Å². The number of rotatable bonds is 5. The molecule has 0 aliphatic heterocycles. The first-order chi connectivity index (χ1) is 12.1. The number of halogens is 1. The minimum absolute atomic E-state index is 0.225. The molecule has 0 unspecified atom stereocenters. The molecule has 0 bridgehead atoms. The third-order valence-corrected chi connectivity index (χ3v) is 3.56. The van der Waals surface area contributed by atoms with Crippen LogP contribution in [0.5, 0.6) is 0 Å². The highest BCUT2D eigenvalue weighted by atomic mass is 19.1. The van der Waals surface area contributed by atoms with E-state index in [4.69, 9.17) is 0 Å². The van der Waals surface area contributed by atoms with Gasteiger partial charge in [0, 0.05) is 36.1 Å². The van der Waals surface area contributed by atoms with Crippen molar-refractivity contribution in [1.82, 2.24) is 20.1 Å². The Balaban J connectivity index is 1.66. The van der Waals surface area contributed by atoms with Crippen molar-refractivity contribution in [1.29, 1.82) is 0 Å². The number of hydrogen-bond acceptors (Lipinski definition) is 4. The fraction of sp³-hybridized carbons (Fsp3) is 0.111. The van der Waals surface area contributed by atoms with Gasteiger partial charge < -0.3 is 5.32 Å². The summed E-state index contributed by atoms with van der Waals surface area (Å²) in [6, 6.07) is 11.9. The average molecular weight is 338 g/mol. The lowest BCUT2D eigenvalue weighted by atomic mass is 10.2. The van der Waals surface area contributed by atoms with Crippen LogP contribution in [-0.4, -0.2) is 27.2 Å². The van der Waals surface area contributed by atoms with E-state index in [1.54, 1.807) is 30.6 Å². The van der Waals surface area contributed by atoms with Gasteiger partial charge in [0.2, 0.25) is 0 Å². The number of hydrogen-bond donors (Lipinski definition) is 1. The molecule has 0 saturated heterocycles. The summed E-state index contributed by atoms with van der Waals surface area (Å²) in [5.74, 6) is -0.737. The van der Waals surface area contributed by atoms with Crippen molar-refractivity contribution in [3.8, 4) is 11.3 Å². The van der Waals surface area contributed by atoms with Crippen LogP contribution in [0, 0.1) is 5.82 Å². The molecule has 25 heavy (non-hydrogen) atoms. The molecule has 1 amide bonds. The van der Waals surface area contributed by atoms with Gasteiger partial charge in [0.1, 0.15) is 5.82 Å². The van der Waals surface area contributed by atoms with Crippen LogP contribution in [0.15, 0.2) is 65.7 Å². The Kier molecular flexibility index (Phi) is 4.94. The van der Waals surface area contributed by atoms with Crippen LogP contribution >= 0.6 is 0 Å². The highest BCUT2D eigenvalue weighted by Crippen LogP contribution is 2.12. The molecule has 3 rings (SSSR count). The number of pyridine rings is 1. The molecule has 7 heteroatoms. The second-order valence-corrected chi connectivity index (χ2v) is 5.28. The molecule has 3 aromatic rings. The van der Waals surface area contributed by atoms with E-state index < -0.39 is 5.82 Å². The molecule has 2 heterocycles. The number of aromatic nitrogens is 3. The van der Waals surface area contributed by atoms with Gasteiger partial charge in [0.15, 0.2) is 0 Å². The molecular formula is C18H15FN4O2. The molecule has 0 spiro atoms. The summed E-state index contributed by atoms with van der Waals surface area (Å²) in [5, 5.41) is 6.98. The third-order valence-electron chi connectivity index (χ3n) is 3.56. The van der Waals surface area contributed by atoms with Crippen molar-refractivity contribution in [2.24, 2.45) is 0 Å². The van der Waals surface area contributed by atoms with Crippen molar-refractivity contribution in [3.05, 3.63) is 82.7 Å². The molecule has 0 saturated carbocycles. The Hall–Kier alpha value is -3.35. The van der Waals surface area contributed by atoms with Crippen molar-refractivity contribution in [2.45, 2.75) is 6.54 Å². The van der Waals surface area contributed by atoms with E-state index >= 15 is 0 Å². The second-order valence-electron chi connectivity index (χ2n) is 5.28. The standard InChI is InChI=1S/C18H15FN4O2/c19-15-3-1-14(2-4-15)18(25)21-11-12-23-17(24)6-5-16(22-23)13-7-9-20-10-8-13/h1-10H,11-12H2,(H,21,25). The minimum atomic E-state index is -0.403. The molecule has 0 radical (unpaired) electrons. The Bertz CT molecular complexity index is 924. The van der Waals surface area contributed by atoms with Gasteiger partial charge in [-0.3, -0.25) is 14.6 Å². The largest absolute Gasteiger partial charge is 0.350 e. The molecule has 0 atom stereocenters. The normalized spacial score (nSPS) is 10.4. The smallest absolute Gasteiger partial charge is 0.266 e. The molecule has 2 aromatic heterocycles. The average Bonchev–Trinajstić information content (AvgIpc) is 2.64. The summed E-state index contributed by atoms with van der Waals surface area (Å²) in [6.45, 7) is 0.452. The van der Waals surface area contributed by atoms with Gasteiger partial charge in [-0.15, -0.1) is 0 Å². The maximum absolute atomic E-state index is 12.9. The van der Waals surface area contributed by atoms with Crippen LogP contribution in [0.25, 0.3) is 11.3 Å². The van der Waals surface area contributed by atoms with E-state index in [1.165, 1.54) is 35.0 Å². The Labute approximate surface area is 143 Å². The molecule has 0 aliphatic carbocycles. The van der Waals surface area contributed by atoms with Crippen molar-refractivity contribution >= 4 is 5.91 Å². The molecule has 1 N–H and O–H groups in total. The van der Waals surface area contributed by atoms with Crippen molar-refractivity contribution in [2.75, 3.05) is 6.54 Å². The minimum Gasteiger partial charge on any atom is -0.350 e. The summed E-state index contributed by atoms with van der Waals surface area (Å²) < 4.78 is 14.2. The van der Waals surface area contributed by atoms with E-state index in [1.807, 2.05) is 0 Å². The van der Waals surface area contributed by atoms with Crippen LogP contribution < -0.4 is 10.9 Å². The zero-order valence-electron chi connectivity index (χ0n) is 13.2. The van der Waals surface area contributed by atoms with E-state index in [-0.39, 0.29) is 24.6 Å². The van der Waals surface area contributed by atoms with Crippen LogP contribution in [0.1, 0.15) is 10.4 Å². The topological polar surface area (TPSA) is 76.9 Å². The zero-order chi connectivity index (χ0) is 17.6. The number of amides is 1. The van der Waals surface area contributed by atoms with Crippen LogP contribution in [-0.2, 0) is 6.54 Å². The van der Waals surface area contributed by atoms with Crippen LogP contribution in [0.2, 0.25) is 0 Å². The Morgan fingerprint density at radius 3 is 2.48 bits per heavy atom. The molecule has 0 aliphatic rings. The van der Waals surface area contributed by atoms with Gasteiger partial charge >= 0.3 is 0 Å². The first kappa shape index (κ1) is 16.5. The van der Waals surface area contributed by atoms with Gasteiger partial charge in [0.25, 0.3) is 11.5 Å². The Morgan fingerprint density at radius 2 is 1.76 bits per heavy atom. The first-order valence-corrected chi connectivity index (χ1v) is 7.66. The molecule has 1 aromatic carbocycles. The summed E-state index contributed by atoms with van der Waals surface area (Å²) >= 11 is 0. The highest BCUT2D eigenvalue weighted by molar-refractivity contribution is 5.94. The predicted octanol–water partition coefficient (Wildman–Crippen LogP) is 1.87. The second kappa shape index (κ2) is 7.48. The molecule has 126 valence electrons. The number of carbonyl (C=O) groups is 1. The van der Waals surface area contributed by atoms with E-state index in [0.29, 0.717) is 11.3 Å². The quantitative estimate of drug-likeness (QED) is 0.770. The van der Waals surface area contributed by atoms with Crippen molar-refractivity contribution in [3.63, 3.8) is 0 Å². The van der Waals surface area contributed by atoms with Gasteiger partial charge in [-0.05, 0) is 42.5 Å². The maximum atomic E-state index is 12.9. The first-order valence-electron chi connectivity index (χ1n) is 7.66. The van der Waals surface area contributed by atoms with Crippen LogP contribution in [0.4, 0.5) is 4.39 Å². The highest BCUT2D eigenvalue weighted by Gasteiger charge is 2.06. The number of nitrogens with one attached hydrogen (secondary N) is 1. The number of benzene rings is 1. The van der Waals surface area contributed by atoms with E-state index in [2.05, 4.69) is 15.4 Å². The fourth-order valence-corrected chi connectivity index (χ4v) is 2.26. The molecule has 6 nitrogen and oxygen atoms in total. The summed E-state index contributed by atoms with van der Waals surface area (Å²) in [7, 11) is 0. The lowest BCUT2D eigenvalue weighted by Gasteiger charge is -2.08. The lowest BCUT2D eigenvalue weighted by Crippen LogP contribution is -2.31. The summed E-state index contributed by atoms with van der Waals surface area (Å²) in [4.78, 5) is 27.8. The fourth-order valence-electron chi connectivity index (χ4n) is 2.26. The summed E-state index contributed by atoms with van der Waals surface area (Å²) in [6.07, 6.45) is 3.30. The molecule has 0 fully saturated rings. The van der Waals surface area contributed by atoms with Crippen LogP contribution in [0.3, 0.4) is 0 Å². The zero-order valence-corrected chi connectivity index (χ0v) is 13.2. The Morgan fingerprint density at radius 1 is 1.04 bits per heavy atom. The maximum Gasteiger partial charge on any atom is 0.266 e.